The number of ether oxygens (including phenoxy) is 1. The Bertz CT molecular complexity index is 1390. The van der Waals surface area contributed by atoms with Gasteiger partial charge in [0.1, 0.15) is 6.07 Å². The quantitative estimate of drug-likeness (QED) is 0.434. The van der Waals surface area contributed by atoms with Crippen LogP contribution in [0, 0.1) is 11.3 Å². The van der Waals surface area contributed by atoms with Gasteiger partial charge in [-0.2, -0.15) is 18.4 Å². The number of anilines is 2. The third-order valence-electron chi connectivity index (χ3n) is 7.78. The predicted molar refractivity (Wildman–Crippen MR) is 146 cm³/mol. The number of nitrogens with two attached hydrogens (primary N) is 1. The molecule has 0 bridgehead atoms. The van der Waals surface area contributed by atoms with Crippen LogP contribution in [-0.4, -0.2) is 43.8 Å². The monoisotopic (exact) mass is 535 g/mol. The normalized spacial score (nSPS) is 17.2. The van der Waals surface area contributed by atoms with Gasteiger partial charge in [0, 0.05) is 55.1 Å². The minimum Gasteiger partial charge on any atom is -0.478 e. The Morgan fingerprint density at radius 3 is 2.56 bits per heavy atom. The molecule has 1 atom stereocenters. The maximum atomic E-state index is 13.2. The lowest BCUT2D eigenvalue weighted by atomic mass is 9.74. The minimum absolute atomic E-state index is 0.0144. The summed E-state index contributed by atoms with van der Waals surface area (Å²) in [6.45, 7) is 7.29. The Kier molecular flexibility index (Phi) is 7.17. The fraction of sp³-hybridized carbons (Fsp3) is 0.400. The van der Waals surface area contributed by atoms with Crippen molar-refractivity contribution in [1.82, 2.24) is 4.98 Å². The lowest BCUT2D eigenvalue weighted by molar-refractivity contribution is -0.137. The molecule has 0 unspecified atom stereocenters. The van der Waals surface area contributed by atoms with E-state index >= 15 is 0 Å². The average molecular weight is 536 g/mol. The molecule has 2 aliphatic rings. The van der Waals surface area contributed by atoms with E-state index < -0.39 is 11.7 Å². The molecule has 39 heavy (non-hydrogen) atoms. The summed E-state index contributed by atoms with van der Waals surface area (Å²) in [5.74, 6) is 0.601. The zero-order valence-corrected chi connectivity index (χ0v) is 22.1. The number of pyridine rings is 1. The standard InChI is InChI=1S/C30H32F3N5O/c1-3-39-28-24(5-4-12-36-28)21-6-8-25-27(16-21)38(18-20(2)35)19-29(25)10-13-37(14-11-29)26-9-7-23(30(31,32)33)15-22(26)17-34/h4-9,12,15-16,20H,3,10-11,13-14,18-19,35H2,1-2H3/t20-/m0/s1. The molecule has 0 amide bonds. The summed E-state index contributed by atoms with van der Waals surface area (Å²) in [7, 11) is 0. The molecule has 204 valence electrons. The molecule has 2 aliphatic heterocycles. The number of aromatic nitrogens is 1. The lowest BCUT2D eigenvalue weighted by Gasteiger charge is -2.41. The number of fused-ring (bicyclic) bond motifs is 2. The summed E-state index contributed by atoms with van der Waals surface area (Å²) in [4.78, 5) is 8.81. The van der Waals surface area contributed by atoms with Gasteiger partial charge in [-0.3, -0.25) is 0 Å². The van der Waals surface area contributed by atoms with Gasteiger partial charge in [-0.1, -0.05) is 12.1 Å². The van der Waals surface area contributed by atoms with Crippen molar-refractivity contribution in [3.05, 3.63) is 71.4 Å². The number of benzene rings is 2. The van der Waals surface area contributed by atoms with Crippen molar-refractivity contribution in [3.8, 4) is 23.1 Å². The molecule has 2 aromatic carbocycles. The van der Waals surface area contributed by atoms with Crippen LogP contribution >= 0.6 is 0 Å². The summed E-state index contributed by atoms with van der Waals surface area (Å²) >= 11 is 0. The highest BCUT2D eigenvalue weighted by Gasteiger charge is 2.45. The minimum atomic E-state index is -4.48. The fourth-order valence-electron chi connectivity index (χ4n) is 6.00. The Morgan fingerprint density at radius 2 is 1.90 bits per heavy atom. The van der Waals surface area contributed by atoms with E-state index in [2.05, 4.69) is 28.1 Å². The van der Waals surface area contributed by atoms with Crippen molar-refractivity contribution < 1.29 is 17.9 Å². The van der Waals surface area contributed by atoms with Crippen LogP contribution in [0.5, 0.6) is 5.88 Å². The second kappa shape index (κ2) is 10.4. The molecule has 3 heterocycles. The molecule has 0 radical (unpaired) electrons. The molecule has 9 heteroatoms. The molecule has 6 nitrogen and oxygen atoms in total. The summed E-state index contributed by atoms with van der Waals surface area (Å²) in [6, 6.07) is 15.8. The van der Waals surface area contributed by atoms with Gasteiger partial charge >= 0.3 is 6.18 Å². The van der Waals surface area contributed by atoms with Crippen LogP contribution in [0.4, 0.5) is 24.5 Å². The third kappa shape index (κ3) is 5.13. The van der Waals surface area contributed by atoms with Crippen LogP contribution in [0.2, 0.25) is 0 Å². The number of hydrogen-bond donors (Lipinski definition) is 1. The van der Waals surface area contributed by atoms with Crippen LogP contribution in [0.3, 0.4) is 0 Å². The van der Waals surface area contributed by atoms with E-state index in [-0.39, 0.29) is 17.0 Å². The highest BCUT2D eigenvalue weighted by molar-refractivity contribution is 5.76. The maximum Gasteiger partial charge on any atom is 0.416 e. The van der Waals surface area contributed by atoms with Crippen LogP contribution in [0.25, 0.3) is 11.1 Å². The van der Waals surface area contributed by atoms with E-state index in [1.165, 1.54) is 11.6 Å². The molecule has 0 aliphatic carbocycles. The third-order valence-corrected chi connectivity index (χ3v) is 7.78. The van der Waals surface area contributed by atoms with E-state index in [4.69, 9.17) is 10.5 Å². The van der Waals surface area contributed by atoms with E-state index in [9.17, 15) is 18.4 Å². The second-order valence-corrected chi connectivity index (χ2v) is 10.5. The maximum absolute atomic E-state index is 13.2. The molecule has 1 aromatic heterocycles. The zero-order chi connectivity index (χ0) is 27.8. The van der Waals surface area contributed by atoms with Crippen molar-refractivity contribution in [3.63, 3.8) is 0 Å². The molecule has 3 aromatic rings. The molecule has 1 fully saturated rings. The first kappa shape index (κ1) is 26.8. The second-order valence-electron chi connectivity index (χ2n) is 10.5. The smallest absolute Gasteiger partial charge is 0.416 e. The van der Waals surface area contributed by atoms with Gasteiger partial charge in [0.2, 0.25) is 5.88 Å². The van der Waals surface area contributed by atoms with Gasteiger partial charge in [-0.25, -0.2) is 4.98 Å². The Balaban J connectivity index is 1.45. The van der Waals surface area contributed by atoms with Gasteiger partial charge in [0.15, 0.2) is 0 Å². The SMILES string of the molecule is CCOc1ncccc1-c1ccc2c(c1)N(C[C@H](C)N)CC21CCN(c2ccc(C(F)(F)F)cc2C#N)CC1. The molecular formula is C30H32F3N5O. The van der Waals surface area contributed by atoms with Crippen LogP contribution in [0.1, 0.15) is 43.4 Å². The number of hydrogen-bond acceptors (Lipinski definition) is 6. The number of nitriles is 1. The number of nitrogens with zero attached hydrogens (tertiary/aromatic N) is 4. The van der Waals surface area contributed by atoms with Crippen LogP contribution in [-0.2, 0) is 11.6 Å². The lowest BCUT2D eigenvalue weighted by Crippen LogP contribution is -2.46. The highest BCUT2D eigenvalue weighted by atomic mass is 19.4. The van der Waals surface area contributed by atoms with Gasteiger partial charge < -0.3 is 20.3 Å². The van der Waals surface area contributed by atoms with Crippen molar-refractivity contribution in [2.24, 2.45) is 5.73 Å². The largest absolute Gasteiger partial charge is 0.478 e. The van der Waals surface area contributed by atoms with Crippen molar-refractivity contribution >= 4 is 11.4 Å². The van der Waals surface area contributed by atoms with E-state index in [0.717, 1.165) is 48.3 Å². The summed E-state index contributed by atoms with van der Waals surface area (Å²) in [5.41, 5.74) is 10.3. The van der Waals surface area contributed by atoms with Crippen LogP contribution < -0.4 is 20.3 Å². The summed E-state index contributed by atoms with van der Waals surface area (Å²) in [6.07, 6.45) is -1.12. The van der Waals surface area contributed by atoms with Crippen LogP contribution in [0.15, 0.2) is 54.7 Å². The van der Waals surface area contributed by atoms with E-state index in [0.29, 0.717) is 37.8 Å². The molecule has 5 rings (SSSR count). The molecule has 0 saturated carbocycles. The number of alkyl halides is 3. The first-order valence-corrected chi connectivity index (χ1v) is 13.2. The first-order valence-electron chi connectivity index (χ1n) is 13.2. The number of piperidine rings is 1. The van der Waals surface area contributed by atoms with Gasteiger partial charge in [0.25, 0.3) is 0 Å². The van der Waals surface area contributed by atoms with Gasteiger partial charge in [-0.05, 0) is 74.2 Å². The zero-order valence-electron chi connectivity index (χ0n) is 22.1. The molecule has 2 N–H and O–H groups in total. The van der Waals surface area contributed by atoms with Crippen molar-refractivity contribution in [1.29, 1.82) is 5.26 Å². The van der Waals surface area contributed by atoms with Gasteiger partial charge in [0.05, 0.1) is 23.4 Å². The first-order chi connectivity index (χ1) is 18.6. The van der Waals surface area contributed by atoms with E-state index in [1.807, 2.05) is 36.9 Å². The van der Waals surface area contributed by atoms with Gasteiger partial charge in [-0.15, -0.1) is 0 Å². The summed E-state index contributed by atoms with van der Waals surface area (Å²) < 4.78 is 45.4. The Labute approximate surface area is 226 Å². The average Bonchev–Trinajstić information content (AvgIpc) is 3.20. The summed E-state index contributed by atoms with van der Waals surface area (Å²) in [5, 5.41) is 9.59. The Morgan fingerprint density at radius 1 is 1.13 bits per heavy atom. The molecule has 1 saturated heterocycles. The number of halogens is 3. The fourth-order valence-corrected chi connectivity index (χ4v) is 6.00. The highest BCUT2D eigenvalue weighted by Crippen LogP contribution is 2.49. The molecule has 1 spiro atoms. The Hall–Kier alpha value is -3.77. The van der Waals surface area contributed by atoms with Crippen molar-refractivity contribution in [2.75, 3.05) is 42.6 Å². The topological polar surface area (TPSA) is 78.4 Å². The molecular weight excluding hydrogens is 503 g/mol. The number of rotatable bonds is 6. The van der Waals surface area contributed by atoms with E-state index in [1.54, 1.807) is 6.20 Å². The van der Waals surface area contributed by atoms with Crippen molar-refractivity contribution in [2.45, 2.75) is 44.3 Å². The predicted octanol–water partition coefficient (Wildman–Crippen LogP) is 5.74.